The molecule has 14 heavy (non-hydrogen) atoms. The summed E-state index contributed by atoms with van der Waals surface area (Å²) in [4.78, 5) is 0. The van der Waals surface area contributed by atoms with Gasteiger partial charge in [0.2, 0.25) is 0 Å². The Morgan fingerprint density at radius 1 is 1.36 bits per heavy atom. The lowest BCUT2D eigenvalue weighted by molar-refractivity contribution is 0.0338. The van der Waals surface area contributed by atoms with Crippen molar-refractivity contribution in [3.63, 3.8) is 0 Å². The van der Waals surface area contributed by atoms with Gasteiger partial charge in [-0.2, -0.15) is 12.6 Å². The summed E-state index contributed by atoms with van der Waals surface area (Å²) in [5, 5.41) is 28.0. The van der Waals surface area contributed by atoms with Crippen LogP contribution in [0.1, 0.15) is 11.7 Å². The normalized spacial score (nSPS) is 15.1. The van der Waals surface area contributed by atoms with Gasteiger partial charge < -0.3 is 21.1 Å². The number of rotatable bonds is 3. The van der Waals surface area contributed by atoms with Crippen LogP contribution in [0.4, 0.5) is 5.69 Å². The van der Waals surface area contributed by atoms with Gasteiger partial charge >= 0.3 is 0 Å². The molecule has 78 valence electrons. The van der Waals surface area contributed by atoms with Crippen molar-refractivity contribution in [3.8, 4) is 5.75 Å². The fraction of sp³-hybridized carbons (Fsp3) is 0.333. The van der Waals surface area contributed by atoms with E-state index >= 15 is 0 Å². The number of nitrogens with two attached hydrogens (primary N) is 1. The molecule has 0 amide bonds. The molecule has 5 N–H and O–H groups in total. The Labute approximate surface area is 87.4 Å². The van der Waals surface area contributed by atoms with Crippen LogP contribution >= 0.6 is 12.6 Å². The number of aromatic hydroxyl groups is 1. The van der Waals surface area contributed by atoms with Gasteiger partial charge in [0, 0.05) is 5.75 Å². The van der Waals surface area contributed by atoms with Crippen LogP contribution in [-0.4, -0.2) is 27.2 Å². The van der Waals surface area contributed by atoms with Crippen molar-refractivity contribution in [2.45, 2.75) is 12.2 Å². The maximum Gasteiger partial charge on any atom is 0.138 e. The summed E-state index contributed by atoms with van der Waals surface area (Å²) in [5.41, 5.74) is 6.07. The molecule has 0 aliphatic carbocycles. The maximum absolute atomic E-state index is 9.57. The summed E-state index contributed by atoms with van der Waals surface area (Å²) in [7, 11) is 0. The summed E-state index contributed by atoms with van der Waals surface area (Å²) < 4.78 is 0. The van der Waals surface area contributed by atoms with E-state index in [1.165, 1.54) is 18.2 Å². The van der Waals surface area contributed by atoms with Gasteiger partial charge in [-0.15, -0.1) is 0 Å². The van der Waals surface area contributed by atoms with E-state index in [1.54, 1.807) is 0 Å². The van der Waals surface area contributed by atoms with Gasteiger partial charge in [-0.3, -0.25) is 0 Å². The van der Waals surface area contributed by atoms with E-state index in [4.69, 9.17) is 10.8 Å². The zero-order valence-corrected chi connectivity index (χ0v) is 8.35. The van der Waals surface area contributed by atoms with Crippen molar-refractivity contribution >= 4 is 18.3 Å². The number of nitrogen functional groups attached to an aromatic ring is 1. The molecule has 2 atom stereocenters. The van der Waals surface area contributed by atoms with E-state index in [0.29, 0.717) is 5.56 Å². The molecule has 0 saturated heterocycles. The van der Waals surface area contributed by atoms with Crippen LogP contribution in [0.5, 0.6) is 5.75 Å². The SMILES string of the molecule is Nc1cc(C(O)C(O)CS)ccc1O. The fourth-order valence-corrected chi connectivity index (χ4v) is 1.28. The second kappa shape index (κ2) is 4.54. The molecule has 1 rings (SSSR count). The van der Waals surface area contributed by atoms with Gasteiger partial charge in [0.15, 0.2) is 0 Å². The molecule has 2 unspecified atom stereocenters. The van der Waals surface area contributed by atoms with Gasteiger partial charge in [-0.25, -0.2) is 0 Å². The van der Waals surface area contributed by atoms with Crippen molar-refractivity contribution < 1.29 is 15.3 Å². The van der Waals surface area contributed by atoms with E-state index in [0.717, 1.165) is 0 Å². The fourth-order valence-electron chi connectivity index (χ4n) is 1.08. The molecule has 0 bridgehead atoms. The lowest BCUT2D eigenvalue weighted by atomic mass is 10.0. The van der Waals surface area contributed by atoms with Crippen LogP contribution in [-0.2, 0) is 0 Å². The first-order chi connectivity index (χ1) is 6.56. The standard InChI is InChI=1S/C9H13NO3S/c10-6-3-5(1-2-7(6)11)9(13)8(12)4-14/h1-3,8-9,11-14H,4,10H2. The molecule has 1 aromatic rings. The molecule has 0 saturated carbocycles. The number of aliphatic hydroxyl groups is 2. The van der Waals surface area contributed by atoms with Crippen molar-refractivity contribution in [3.05, 3.63) is 23.8 Å². The van der Waals surface area contributed by atoms with Crippen LogP contribution in [0.3, 0.4) is 0 Å². The highest BCUT2D eigenvalue weighted by atomic mass is 32.1. The van der Waals surface area contributed by atoms with E-state index in [1.807, 2.05) is 0 Å². The van der Waals surface area contributed by atoms with Crippen LogP contribution in [0, 0.1) is 0 Å². The van der Waals surface area contributed by atoms with Crippen molar-refractivity contribution in [2.24, 2.45) is 0 Å². The topological polar surface area (TPSA) is 86.7 Å². The Morgan fingerprint density at radius 3 is 2.50 bits per heavy atom. The van der Waals surface area contributed by atoms with E-state index in [9.17, 15) is 10.2 Å². The number of thiol groups is 1. The van der Waals surface area contributed by atoms with E-state index in [2.05, 4.69) is 12.6 Å². The molecule has 1 aromatic carbocycles. The zero-order valence-electron chi connectivity index (χ0n) is 7.46. The minimum atomic E-state index is -1.03. The third-order valence-corrected chi connectivity index (χ3v) is 2.32. The first-order valence-electron chi connectivity index (χ1n) is 4.11. The first kappa shape index (κ1) is 11.2. The van der Waals surface area contributed by atoms with Crippen LogP contribution < -0.4 is 5.73 Å². The number of hydrogen-bond acceptors (Lipinski definition) is 5. The smallest absolute Gasteiger partial charge is 0.138 e. The molecular weight excluding hydrogens is 202 g/mol. The molecule has 0 radical (unpaired) electrons. The summed E-state index contributed by atoms with van der Waals surface area (Å²) >= 11 is 3.86. The number of benzene rings is 1. The number of aliphatic hydroxyl groups excluding tert-OH is 2. The summed E-state index contributed by atoms with van der Waals surface area (Å²) in [6.07, 6.45) is -1.97. The third kappa shape index (κ3) is 2.31. The Morgan fingerprint density at radius 2 is 2.00 bits per heavy atom. The number of phenols is 1. The van der Waals surface area contributed by atoms with Crippen LogP contribution in [0.2, 0.25) is 0 Å². The van der Waals surface area contributed by atoms with Crippen molar-refractivity contribution in [2.75, 3.05) is 11.5 Å². The second-order valence-corrected chi connectivity index (χ2v) is 3.38. The predicted octanol–water partition coefficient (Wildman–Crippen LogP) is 0.299. The molecule has 5 heteroatoms. The molecule has 0 aliphatic heterocycles. The van der Waals surface area contributed by atoms with Gasteiger partial charge in [-0.05, 0) is 17.7 Å². The highest BCUT2D eigenvalue weighted by Crippen LogP contribution is 2.25. The Hall–Kier alpha value is -0.910. The molecule has 0 fully saturated rings. The summed E-state index contributed by atoms with van der Waals surface area (Å²) in [5.74, 6) is 0.114. The van der Waals surface area contributed by atoms with E-state index < -0.39 is 12.2 Å². The number of phenolic OH excluding ortho intramolecular Hbond substituents is 1. The minimum absolute atomic E-state index is 0.0405. The minimum Gasteiger partial charge on any atom is -0.506 e. The number of anilines is 1. The highest BCUT2D eigenvalue weighted by Gasteiger charge is 2.17. The van der Waals surface area contributed by atoms with Gasteiger partial charge in [0.1, 0.15) is 11.9 Å². The van der Waals surface area contributed by atoms with Crippen molar-refractivity contribution in [1.29, 1.82) is 0 Å². The highest BCUT2D eigenvalue weighted by molar-refractivity contribution is 7.80. The monoisotopic (exact) mass is 215 g/mol. The van der Waals surface area contributed by atoms with Gasteiger partial charge in [0.25, 0.3) is 0 Å². The maximum atomic E-state index is 9.57. The average Bonchev–Trinajstić information content (AvgIpc) is 2.20. The average molecular weight is 215 g/mol. The second-order valence-electron chi connectivity index (χ2n) is 3.01. The third-order valence-electron chi connectivity index (χ3n) is 1.94. The largest absolute Gasteiger partial charge is 0.506 e. The Bertz CT molecular complexity index is 319. The summed E-state index contributed by atoms with van der Waals surface area (Å²) in [6, 6.07) is 4.30. The quantitative estimate of drug-likeness (QED) is 0.285. The lowest BCUT2D eigenvalue weighted by Crippen LogP contribution is -2.19. The zero-order chi connectivity index (χ0) is 10.7. The van der Waals surface area contributed by atoms with Gasteiger partial charge in [-0.1, -0.05) is 6.07 Å². The Kier molecular flexibility index (Phi) is 3.62. The molecule has 4 nitrogen and oxygen atoms in total. The molecule has 0 aliphatic rings. The van der Waals surface area contributed by atoms with E-state index in [-0.39, 0.29) is 17.2 Å². The molecular formula is C9H13NO3S. The van der Waals surface area contributed by atoms with Crippen LogP contribution in [0.25, 0.3) is 0 Å². The molecule has 0 aromatic heterocycles. The Balaban J connectivity index is 2.91. The predicted molar refractivity (Wildman–Crippen MR) is 57.3 cm³/mol. The van der Waals surface area contributed by atoms with Gasteiger partial charge in [0.05, 0.1) is 11.8 Å². The number of hydrogen-bond donors (Lipinski definition) is 5. The van der Waals surface area contributed by atoms with Crippen molar-refractivity contribution in [1.82, 2.24) is 0 Å². The summed E-state index contributed by atoms with van der Waals surface area (Å²) in [6.45, 7) is 0. The van der Waals surface area contributed by atoms with Crippen LogP contribution in [0.15, 0.2) is 18.2 Å². The molecule has 0 spiro atoms. The molecule has 0 heterocycles. The first-order valence-corrected chi connectivity index (χ1v) is 4.75. The lowest BCUT2D eigenvalue weighted by Gasteiger charge is -2.16.